The zero-order valence-corrected chi connectivity index (χ0v) is 17.7. The van der Waals surface area contributed by atoms with Crippen LogP contribution in [0.1, 0.15) is 64.4 Å². The molecule has 0 bridgehead atoms. The molecule has 2 aliphatic carbocycles. The second kappa shape index (κ2) is 7.90. The smallest absolute Gasteiger partial charge is 0.162 e. The van der Waals surface area contributed by atoms with Gasteiger partial charge in [0.2, 0.25) is 0 Å². The van der Waals surface area contributed by atoms with Crippen LogP contribution < -0.4 is 4.74 Å². The first-order chi connectivity index (χ1) is 13.4. The molecule has 4 nitrogen and oxygen atoms in total. The number of ketones is 1. The summed E-state index contributed by atoms with van der Waals surface area (Å²) in [6.07, 6.45) is 8.25. The SMILES string of the molecule is COc1ccc(CN2CC3=C(CC(C)(C)CC3=O)N(C3CCCCC3)C2)cc1. The molecule has 0 atom stereocenters. The number of methoxy groups -OCH3 is 1. The van der Waals surface area contributed by atoms with Crippen LogP contribution in [0.4, 0.5) is 0 Å². The predicted octanol–water partition coefficient (Wildman–Crippen LogP) is 4.75. The third-order valence-corrected chi connectivity index (χ3v) is 6.63. The van der Waals surface area contributed by atoms with Crippen molar-refractivity contribution in [1.29, 1.82) is 0 Å². The highest BCUT2D eigenvalue weighted by Crippen LogP contribution is 2.42. The van der Waals surface area contributed by atoms with Gasteiger partial charge in [-0.25, -0.2) is 0 Å². The van der Waals surface area contributed by atoms with Crippen molar-refractivity contribution in [3.8, 4) is 5.75 Å². The number of Topliss-reactive ketones (excluding diaryl/α,β-unsaturated/α-hetero) is 1. The van der Waals surface area contributed by atoms with Crippen LogP contribution in [0.15, 0.2) is 35.5 Å². The normalized spacial score (nSPS) is 23.7. The molecule has 28 heavy (non-hydrogen) atoms. The van der Waals surface area contributed by atoms with Crippen molar-refractivity contribution < 1.29 is 9.53 Å². The lowest BCUT2D eigenvalue weighted by molar-refractivity contribution is -0.119. The minimum absolute atomic E-state index is 0.0843. The van der Waals surface area contributed by atoms with Gasteiger partial charge in [-0.05, 0) is 42.4 Å². The largest absolute Gasteiger partial charge is 0.497 e. The Morgan fingerprint density at radius 1 is 1.07 bits per heavy atom. The van der Waals surface area contributed by atoms with Crippen LogP contribution >= 0.6 is 0 Å². The minimum Gasteiger partial charge on any atom is -0.497 e. The molecular formula is C24H34N2O2. The lowest BCUT2D eigenvalue weighted by Gasteiger charge is -2.49. The van der Waals surface area contributed by atoms with Gasteiger partial charge in [0.1, 0.15) is 5.75 Å². The van der Waals surface area contributed by atoms with E-state index in [1.54, 1.807) is 7.11 Å². The van der Waals surface area contributed by atoms with Gasteiger partial charge >= 0.3 is 0 Å². The van der Waals surface area contributed by atoms with Gasteiger partial charge in [-0.1, -0.05) is 45.2 Å². The zero-order chi connectivity index (χ0) is 19.7. The van der Waals surface area contributed by atoms with Crippen LogP contribution in [0, 0.1) is 5.41 Å². The lowest BCUT2D eigenvalue weighted by atomic mass is 9.74. The van der Waals surface area contributed by atoms with Gasteiger partial charge in [0.15, 0.2) is 5.78 Å². The fourth-order valence-electron chi connectivity index (χ4n) is 5.18. The van der Waals surface area contributed by atoms with Crippen LogP contribution in [0.25, 0.3) is 0 Å². The Labute approximate surface area is 169 Å². The first-order valence-electron chi connectivity index (χ1n) is 10.8. The molecule has 0 amide bonds. The molecule has 0 N–H and O–H groups in total. The Balaban J connectivity index is 1.59. The molecule has 0 saturated heterocycles. The highest BCUT2D eigenvalue weighted by Gasteiger charge is 2.40. The number of hydrogen-bond donors (Lipinski definition) is 0. The van der Waals surface area contributed by atoms with Gasteiger partial charge in [-0.2, -0.15) is 0 Å². The van der Waals surface area contributed by atoms with Crippen molar-refractivity contribution in [2.75, 3.05) is 20.3 Å². The average molecular weight is 383 g/mol. The van der Waals surface area contributed by atoms with Gasteiger partial charge in [-0.3, -0.25) is 9.69 Å². The molecule has 152 valence electrons. The minimum atomic E-state index is 0.0843. The van der Waals surface area contributed by atoms with Crippen LogP contribution in [0.2, 0.25) is 0 Å². The van der Waals surface area contributed by atoms with E-state index in [0.29, 0.717) is 18.2 Å². The van der Waals surface area contributed by atoms with Crippen molar-refractivity contribution in [3.05, 3.63) is 41.1 Å². The van der Waals surface area contributed by atoms with E-state index in [1.807, 2.05) is 12.1 Å². The fraction of sp³-hybridized carbons (Fsp3) is 0.625. The van der Waals surface area contributed by atoms with Gasteiger partial charge in [0.25, 0.3) is 0 Å². The molecule has 4 rings (SSSR count). The maximum atomic E-state index is 13.0. The number of carbonyl (C=O) groups excluding carboxylic acids is 1. The third-order valence-electron chi connectivity index (χ3n) is 6.63. The molecule has 1 aromatic carbocycles. The number of nitrogens with zero attached hydrogens (tertiary/aromatic N) is 2. The van der Waals surface area contributed by atoms with E-state index < -0.39 is 0 Å². The van der Waals surface area contributed by atoms with E-state index >= 15 is 0 Å². The molecule has 3 aliphatic rings. The molecule has 0 spiro atoms. The van der Waals surface area contributed by atoms with E-state index in [2.05, 4.69) is 35.8 Å². The summed E-state index contributed by atoms with van der Waals surface area (Å²) in [5.41, 5.74) is 3.81. The van der Waals surface area contributed by atoms with E-state index in [-0.39, 0.29) is 5.41 Å². The number of benzene rings is 1. The van der Waals surface area contributed by atoms with Crippen molar-refractivity contribution in [2.45, 2.75) is 71.4 Å². The number of hydrogen-bond acceptors (Lipinski definition) is 4. The average Bonchev–Trinajstić information content (AvgIpc) is 2.69. The summed E-state index contributed by atoms with van der Waals surface area (Å²) < 4.78 is 5.29. The van der Waals surface area contributed by atoms with E-state index in [0.717, 1.165) is 37.5 Å². The van der Waals surface area contributed by atoms with Crippen LogP contribution in [-0.2, 0) is 11.3 Å². The Kier molecular flexibility index (Phi) is 5.50. The lowest BCUT2D eigenvalue weighted by Crippen LogP contribution is -2.51. The second-order valence-corrected chi connectivity index (χ2v) is 9.60. The summed E-state index contributed by atoms with van der Waals surface area (Å²) in [5, 5.41) is 0. The summed E-state index contributed by atoms with van der Waals surface area (Å²) in [6, 6.07) is 8.92. The molecule has 0 unspecified atom stereocenters. The van der Waals surface area contributed by atoms with Crippen molar-refractivity contribution in [3.63, 3.8) is 0 Å². The second-order valence-electron chi connectivity index (χ2n) is 9.60. The number of carbonyl (C=O) groups is 1. The zero-order valence-electron chi connectivity index (χ0n) is 17.7. The Bertz CT molecular complexity index is 744. The van der Waals surface area contributed by atoms with Crippen LogP contribution in [-0.4, -0.2) is 41.9 Å². The van der Waals surface area contributed by atoms with E-state index in [9.17, 15) is 4.79 Å². The topological polar surface area (TPSA) is 32.8 Å². The standard InChI is InChI=1S/C24H34N2O2/c1-24(2)13-22-21(23(27)14-24)16-25(15-18-9-11-20(28-3)12-10-18)17-26(22)19-7-5-4-6-8-19/h9-12,19H,4-8,13-17H2,1-3H3. The van der Waals surface area contributed by atoms with Crippen molar-refractivity contribution in [2.24, 2.45) is 5.41 Å². The van der Waals surface area contributed by atoms with E-state index in [4.69, 9.17) is 4.74 Å². The molecular weight excluding hydrogens is 348 g/mol. The number of ether oxygens (including phenoxy) is 1. The molecule has 1 heterocycles. The summed E-state index contributed by atoms with van der Waals surface area (Å²) in [5.74, 6) is 1.26. The first-order valence-corrected chi connectivity index (χ1v) is 10.8. The summed E-state index contributed by atoms with van der Waals surface area (Å²) >= 11 is 0. The van der Waals surface area contributed by atoms with Gasteiger partial charge < -0.3 is 9.64 Å². The molecule has 1 aromatic rings. The fourth-order valence-corrected chi connectivity index (χ4v) is 5.18. The Hall–Kier alpha value is -1.81. The molecule has 1 saturated carbocycles. The molecule has 4 heteroatoms. The van der Waals surface area contributed by atoms with Crippen LogP contribution in [0.3, 0.4) is 0 Å². The number of rotatable bonds is 4. The Morgan fingerprint density at radius 3 is 2.46 bits per heavy atom. The summed E-state index contributed by atoms with van der Waals surface area (Å²) in [7, 11) is 1.70. The van der Waals surface area contributed by atoms with Gasteiger partial charge in [0.05, 0.1) is 13.8 Å². The van der Waals surface area contributed by atoms with Crippen molar-refractivity contribution >= 4 is 5.78 Å². The third kappa shape index (κ3) is 4.12. The van der Waals surface area contributed by atoms with Crippen LogP contribution in [0.5, 0.6) is 5.75 Å². The highest BCUT2D eigenvalue weighted by molar-refractivity contribution is 5.98. The predicted molar refractivity (Wildman–Crippen MR) is 112 cm³/mol. The molecule has 1 fully saturated rings. The summed E-state index contributed by atoms with van der Waals surface area (Å²) in [4.78, 5) is 18.1. The van der Waals surface area contributed by atoms with Gasteiger partial charge in [-0.15, -0.1) is 0 Å². The molecule has 1 aliphatic heterocycles. The van der Waals surface area contributed by atoms with E-state index in [1.165, 1.54) is 43.4 Å². The molecule has 0 radical (unpaired) electrons. The quantitative estimate of drug-likeness (QED) is 0.753. The number of allylic oxidation sites excluding steroid dienone is 1. The van der Waals surface area contributed by atoms with Gasteiger partial charge in [0, 0.05) is 36.8 Å². The molecule has 0 aromatic heterocycles. The Morgan fingerprint density at radius 2 is 1.79 bits per heavy atom. The summed E-state index contributed by atoms with van der Waals surface area (Å²) in [6.45, 7) is 7.11. The maximum Gasteiger partial charge on any atom is 0.162 e. The monoisotopic (exact) mass is 382 g/mol. The highest BCUT2D eigenvalue weighted by atomic mass is 16.5. The maximum absolute atomic E-state index is 13.0. The van der Waals surface area contributed by atoms with Crippen molar-refractivity contribution in [1.82, 2.24) is 9.80 Å². The first kappa shape index (κ1) is 19.5.